The number of methoxy groups -OCH3 is 1. The molecule has 1 saturated carbocycles. The number of hydrogen-bond donors (Lipinski definition) is 5. The van der Waals surface area contributed by atoms with E-state index in [1.165, 1.54) is 18.2 Å². The summed E-state index contributed by atoms with van der Waals surface area (Å²) < 4.78 is 13.2. The summed E-state index contributed by atoms with van der Waals surface area (Å²) >= 11 is 0. The molecule has 222 valence electrons. The number of hydrogen-bond acceptors (Lipinski definition) is 11. The van der Waals surface area contributed by atoms with Gasteiger partial charge in [0.15, 0.2) is 17.7 Å². The van der Waals surface area contributed by atoms with Gasteiger partial charge in [0.25, 0.3) is 0 Å². The molecule has 4 heterocycles. The lowest BCUT2D eigenvalue weighted by Gasteiger charge is -2.42. The first kappa shape index (κ1) is 28.1. The number of nitrogens with two attached hydrogens (primary N) is 1. The van der Waals surface area contributed by atoms with Gasteiger partial charge in [-0.05, 0) is 56.3 Å². The maximum atomic E-state index is 10.8. The van der Waals surface area contributed by atoms with Gasteiger partial charge < -0.3 is 41.0 Å². The normalized spacial score (nSPS) is 29.4. The number of imidazole rings is 1. The monoisotopic (exact) mass is 566 g/mol. The predicted octanol–water partition coefficient (Wildman–Crippen LogP) is 2.31. The first-order chi connectivity index (χ1) is 19.6. The smallest absolute Gasteiger partial charge is 0.167 e. The number of anilines is 3. The fraction of sp³-hybridized carbons (Fsp3) is 0.621. The first-order valence-corrected chi connectivity index (χ1v) is 14.5. The van der Waals surface area contributed by atoms with Crippen LogP contribution in [0.4, 0.5) is 17.2 Å². The van der Waals surface area contributed by atoms with Crippen molar-refractivity contribution in [1.82, 2.24) is 24.4 Å². The summed E-state index contributed by atoms with van der Waals surface area (Å²) in [5.74, 6) is 0.930. The molecule has 2 fully saturated rings. The Hall–Kier alpha value is -3.03. The lowest BCUT2D eigenvalue weighted by atomic mass is 9.76. The number of nitrogens with zero attached hydrogens (tertiary/aromatic N) is 5. The van der Waals surface area contributed by atoms with Crippen LogP contribution in [-0.4, -0.2) is 92.5 Å². The Kier molecular flexibility index (Phi) is 7.53. The first-order valence-electron chi connectivity index (χ1n) is 14.5. The van der Waals surface area contributed by atoms with E-state index >= 15 is 0 Å². The number of nitrogen functional groups attached to an aromatic ring is 1. The van der Waals surface area contributed by atoms with Crippen molar-refractivity contribution < 1.29 is 19.7 Å². The summed E-state index contributed by atoms with van der Waals surface area (Å²) in [6, 6.07) is 7.04. The molecule has 12 heteroatoms. The second-order valence-corrected chi connectivity index (χ2v) is 12.6. The number of aliphatic hydroxyl groups excluding tert-OH is 2. The third kappa shape index (κ3) is 5.35. The Balaban J connectivity index is 0.968. The summed E-state index contributed by atoms with van der Waals surface area (Å²) in [6.07, 6.45) is 4.09. The topological polar surface area (TPSA) is 156 Å². The summed E-state index contributed by atoms with van der Waals surface area (Å²) in [5, 5.41) is 28.8. The zero-order valence-corrected chi connectivity index (χ0v) is 24.2. The molecule has 2 aromatic heterocycles. The molecule has 3 aliphatic rings. The van der Waals surface area contributed by atoms with Crippen molar-refractivity contribution in [2.45, 2.75) is 81.7 Å². The van der Waals surface area contributed by atoms with E-state index in [2.05, 4.69) is 69.6 Å². The van der Waals surface area contributed by atoms with Crippen molar-refractivity contribution in [2.75, 3.05) is 43.7 Å². The molecule has 3 aromatic rings. The average Bonchev–Trinajstić information content (AvgIpc) is 3.60. The highest BCUT2D eigenvalue weighted by Gasteiger charge is 2.45. The quantitative estimate of drug-likeness (QED) is 0.245. The van der Waals surface area contributed by atoms with E-state index in [-0.39, 0.29) is 17.4 Å². The van der Waals surface area contributed by atoms with Crippen molar-refractivity contribution in [1.29, 1.82) is 0 Å². The van der Waals surface area contributed by atoms with Gasteiger partial charge in [0, 0.05) is 25.1 Å². The third-order valence-corrected chi connectivity index (χ3v) is 9.13. The van der Waals surface area contributed by atoms with E-state index in [1.54, 1.807) is 11.7 Å². The van der Waals surface area contributed by atoms with E-state index in [0.29, 0.717) is 36.3 Å². The van der Waals surface area contributed by atoms with Crippen LogP contribution in [0.15, 0.2) is 30.9 Å². The van der Waals surface area contributed by atoms with Crippen molar-refractivity contribution in [3.63, 3.8) is 0 Å². The second kappa shape index (κ2) is 11.0. The molecule has 0 amide bonds. The van der Waals surface area contributed by atoms with Crippen LogP contribution < -0.4 is 16.4 Å². The van der Waals surface area contributed by atoms with Gasteiger partial charge in [-0.15, -0.1) is 0 Å². The standard InChI is InChI=1S/C29H42N8O4/c1-29(2,13-40-4)17-6-7-19-20(11-17)35-22(34-19)8-5-16-9-18(10-16)36(3)12-21-24(38)25(39)28(41-21)37-15-33-23-26(30)31-14-32-27(23)37/h6-7,11,14-16,18,21-22,24-25,28,34-35,38-39H,5,8-10,12-13H2,1-4H3,(H2,30,31,32)/t16?,18?,21-,22?,24-,25-,28-/m1/s1. The van der Waals surface area contributed by atoms with E-state index in [9.17, 15) is 10.2 Å². The molecule has 6 N–H and O–H groups in total. The summed E-state index contributed by atoms with van der Waals surface area (Å²) in [7, 11) is 3.81. The summed E-state index contributed by atoms with van der Waals surface area (Å²) in [5.41, 5.74) is 10.4. The molecule has 0 spiro atoms. The number of benzene rings is 1. The predicted molar refractivity (Wildman–Crippen MR) is 156 cm³/mol. The SMILES string of the molecule is COCC(C)(C)c1ccc2c(c1)NC(CCC1CC(N(C)C[C@H]3O[C@@H](n4cnc5c(N)ncnc54)[C@H](O)[C@@H]3O)C1)N2. The van der Waals surface area contributed by atoms with E-state index in [0.717, 1.165) is 37.1 Å². The van der Waals surface area contributed by atoms with Gasteiger partial charge in [-0.25, -0.2) is 15.0 Å². The van der Waals surface area contributed by atoms with Crippen LogP contribution in [0.25, 0.3) is 11.2 Å². The minimum Gasteiger partial charge on any atom is -0.387 e. The third-order valence-electron chi connectivity index (χ3n) is 9.13. The van der Waals surface area contributed by atoms with Gasteiger partial charge >= 0.3 is 0 Å². The molecular formula is C29H42N8O4. The van der Waals surface area contributed by atoms with Crippen LogP contribution in [-0.2, 0) is 14.9 Å². The molecule has 6 rings (SSSR count). The minimum atomic E-state index is -1.10. The van der Waals surface area contributed by atoms with Crippen LogP contribution in [0.2, 0.25) is 0 Å². The molecule has 0 radical (unpaired) electrons. The second-order valence-electron chi connectivity index (χ2n) is 12.6. The number of fused-ring (bicyclic) bond motifs is 2. The Bertz CT molecular complexity index is 1380. The van der Waals surface area contributed by atoms with E-state index in [1.807, 2.05) is 0 Å². The fourth-order valence-electron chi connectivity index (χ4n) is 6.51. The summed E-state index contributed by atoms with van der Waals surface area (Å²) in [4.78, 5) is 14.7. The van der Waals surface area contributed by atoms with Crippen LogP contribution in [0.3, 0.4) is 0 Å². The van der Waals surface area contributed by atoms with E-state index in [4.69, 9.17) is 15.2 Å². The lowest BCUT2D eigenvalue weighted by Crippen LogP contribution is -2.48. The molecule has 1 aliphatic carbocycles. The molecule has 2 aliphatic heterocycles. The Morgan fingerprint density at radius 3 is 2.68 bits per heavy atom. The molecule has 0 bridgehead atoms. The maximum Gasteiger partial charge on any atom is 0.167 e. The van der Waals surface area contributed by atoms with Gasteiger partial charge in [-0.1, -0.05) is 19.9 Å². The maximum absolute atomic E-state index is 10.8. The zero-order chi connectivity index (χ0) is 28.9. The molecule has 41 heavy (non-hydrogen) atoms. The number of likely N-dealkylation sites (N-methyl/N-ethyl adjacent to an activating group) is 1. The fourth-order valence-corrected chi connectivity index (χ4v) is 6.51. The average molecular weight is 567 g/mol. The number of rotatable bonds is 10. The van der Waals surface area contributed by atoms with Crippen molar-refractivity contribution >= 4 is 28.4 Å². The highest BCUT2D eigenvalue weighted by molar-refractivity contribution is 5.81. The van der Waals surface area contributed by atoms with Crippen LogP contribution in [0.5, 0.6) is 0 Å². The molecule has 5 atom stereocenters. The van der Waals surface area contributed by atoms with E-state index < -0.39 is 24.5 Å². The Labute approximate surface area is 240 Å². The lowest BCUT2D eigenvalue weighted by molar-refractivity contribution is -0.0515. The van der Waals surface area contributed by atoms with Gasteiger partial charge in [0.2, 0.25) is 0 Å². The highest BCUT2D eigenvalue weighted by Crippen LogP contribution is 2.39. The highest BCUT2D eigenvalue weighted by atomic mass is 16.6. The number of ether oxygens (including phenoxy) is 2. The van der Waals surface area contributed by atoms with Crippen molar-refractivity contribution in [3.8, 4) is 0 Å². The number of aliphatic hydroxyl groups is 2. The van der Waals surface area contributed by atoms with Gasteiger partial charge in [0.1, 0.15) is 30.2 Å². The molecule has 1 unspecified atom stereocenters. The molecule has 1 aromatic carbocycles. The molecule has 12 nitrogen and oxygen atoms in total. The van der Waals surface area contributed by atoms with Gasteiger partial charge in [0.05, 0.1) is 30.5 Å². The molecule has 1 saturated heterocycles. The molecular weight excluding hydrogens is 524 g/mol. The van der Waals surface area contributed by atoms with Crippen LogP contribution in [0, 0.1) is 5.92 Å². The number of nitrogens with one attached hydrogen (secondary N) is 2. The summed E-state index contributed by atoms with van der Waals surface area (Å²) in [6.45, 7) is 5.61. The van der Waals surface area contributed by atoms with Gasteiger partial charge in [-0.2, -0.15) is 0 Å². The number of aromatic nitrogens is 4. The van der Waals surface area contributed by atoms with Crippen LogP contribution in [0.1, 0.15) is 51.3 Å². The largest absolute Gasteiger partial charge is 0.387 e. The van der Waals surface area contributed by atoms with Crippen molar-refractivity contribution in [2.24, 2.45) is 5.92 Å². The van der Waals surface area contributed by atoms with Crippen LogP contribution >= 0.6 is 0 Å². The minimum absolute atomic E-state index is 0.0353. The zero-order valence-electron chi connectivity index (χ0n) is 24.2. The Morgan fingerprint density at radius 2 is 1.90 bits per heavy atom. The Morgan fingerprint density at radius 1 is 1.12 bits per heavy atom. The van der Waals surface area contributed by atoms with Crippen molar-refractivity contribution in [3.05, 3.63) is 36.4 Å². The van der Waals surface area contributed by atoms with Gasteiger partial charge in [-0.3, -0.25) is 4.57 Å².